The molecular weight excluding hydrogens is 210 g/mol. The topological polar surface area (TPSA) is 42.2 Å². The molecule has 1 aliphatic rings. The smallest absolute Gasteiger partial charge is 0.132 e. The van der Waals surface area contributed by atoms with Gasteiger partial charge in [-0.15, -0.1) is 0 Å². The van der Waals surface area contributed by atoms with Crippen LogP contribution in [0.2, 0.25) is 0 Å². The lowest BCUT2D eigenvalue weighted by atomic mass is 9.85. The zero-order valence-electron chi connectivity index (χ0n) is 10.9. The molecule has 0 radical (unpaired) electrons. The van der Waals surface area contributed by atoms with Crippen LogP contribution < -0.4 is 10.6 Å². The maximum absolute atomic E-state index is 5.78. The van der Waals surface area contributed by atoms with E-state index in [4.69, 9.17) is 5.73 Å². The maximum Gasteiger partial charge on any atom is 0.132 e. The second-order valence-electron chi connectivity index (χ2n) is 5.70. The van der Waals surface area contributed by atoms with Crippen LogP contribution in [0.5, 0.6) is 0 Å². The van der Waals surface area contributed by atoms with E-state index in [-0.39, 0.29) is 0 Å². The van der Waals surface area contributed by atoms with Gasteiger partial charge in [-0.25, -0.2) is 4.98 Å². The highest BCUT2D eigenvalue weighted by Crippen LogP contribution is 2.31. The number of nitrogens with two attached hydrogens (primary N) is 1. The predicted molar refractivity (Wildman–Crippen MR) is 72.0 cm³/mol. The monoisotopic (exact) mass is 233 g/mol. The van der Waals surface area contributed by atoms with Gasteiger partial charge in [-0.05, 0) is 30.7 Å². The van der Waals surface area contributed by atoms with Gasteiger partial charge >= 0.3 is 0 Å². The highest BCUT2D eigenvalue weighted by Gasteiger charge is 2.24. The molecule has 0 saturated carbocycles. The number of nitrogens with zero attached hydrogens (tertiary/aromatic N) is 2. The first-order chi connectivity index (χ1) is 8.12. The largest absolute Gasteiger partial charge is 0.356 e. The Morgan fingerprint density at radius 1 is 1.35 bits per heavy atom. The zero-order chi connectivity index (χ0) is 12.3. The van der Waals surface area contributed by atoms with Crippen LogP contribution in [0.3, 0.4) is 0 Å². The van der Waals surface area contributed by atoms with E-state index in [0.29, 0.717) is 12.0 Å². The molecule has 0 spiro atoms. The quantitative estimate of drug-likeness (QED) is 0.853. The third kappa shape index (κ3) is 2.97. The summed E-state index contributed by atoms with van der Waals surface area (Å²) in [4.78, 5) is 6.91. The molecule has 1 saturated heterocycles. The van der Waals surface area contributed by atoms with E-state index in [1.807, 2.05) is 12.3 Å². The summed E-state index contributed by atoms with van der Waals surface area (Å²) in [5.41, 5.74) is 7.41. The molecule has 1 aliphatic heterocycles. The first kappa shape index (κ1) is 12.4. The van der Waals surface area contributed by atoms with Crippen molar-refractivity contribution in [2.45, 2.75) is 39.7 Å². The van der Waals surface area contributed by atoms with Gasteiger partial charge in [-0.3, -0.25) is 0 Å². The summed E-state index contributed by atoms with van der Waals surface area (Å²) >= 11 is 0. The summed E-state index contributed by atoms with van der Waals surface area (Å²) < 4.78 is 0. The third-order valence-electron chi connectivity index (χ3n) is 3.73. The van der Waals surface area contributed by atoms with Gasteiger partial charge in [-0.1, -0.05) is 19.9 Å². The van der Waals surface area contributed by atoms with E-state index in [1.54, 1.807) is 0 Å². The highest BCUT2D eigenvalue weighted by atomic mass is 15.2. The van der Waals surface area contributed by atoms with Crippen molar-refractivity contribution >= 4 is 5.82 Å². The molecule has 0 aliphatic carbocycles. The van der Waals surface area contributed by atoms with Crippen LogP contribution in [-0.2, 0) is 6.54 Å². The molecular formula is C14H23N3. The zero-order valence-corrected chi connectivity index (χ0v) is 10.9. The molecule has 17 heavy (non-hydrogen) atoms. The Hall–Kier alpha value is -1.09. The van der Waals surface area contributed by atoms with Crippen molar-refractivity contribution < 1.29 is 0 Å². The maximum atomic E-state index is 5.78. The minimum Gasteiger partial charge on any atom is -0.356 e. The molecule has 1 aromatic rings. The van der Waals surface area contributed by atoms with E-state index in [0.717, 1.165) is 24.5 Å². The molecule has 3 heteroatoms. The van der Waals surface area contributed by atoms with Crippen LogP contribution >= 0.6 is 0 Å². The Kier molecular flexibility index (Phi) is 3.67. The molecule has 0 bridgehead atoms. The minimum absolute atomic E-state index is 0.465. The average molecular weight is 233 g/mol. The SMILES string of the molecule is CC1(C)CCCN(c2ncccc2CN)CC1. The molecule has 2 N–H and O–H groups in total. The van der Waals surface area contributed by atoms with Crippen LogP contribution in [0, 0.1) is 5.41 Å². The van der Waals surface area contributed by atoms with Gasteiger partial charge in [0.15, 0.2) is 0 Å². The van der Waals surface area contributed by atoms with Gasteiger partial charge in [0.1, 0.15) is 5.82 Å². The number of pyridine rings is 1. The summed E-state index contributed by atoms with van der Waals surface area (Å²) in [6, 6.07) is 4.05. The first-order valence-corrected chi connectivity index (χ1v) is 6.51. The Bertz CT molecular complexity index is 373. The van der Waals surface area contributed by atoms with Gasteiger partial charge in [0.2, 0.25) is 0 Å². The minimum atomic E-state index is 0.465. The standard InChI is InChI=1S/C14H23N3/c1-14(2)6-4-9-17(10-7-14)13-12(11-15)5-3-8-16-13/h3,5,8H,4,6-7,9-11,15H2,1-2H3. The Morgan fingerprint density at radius 3 is 2.94 bits per heavy atom. The second kappa shape index (κ2) is 5.05. The summed E-state index contributed by atoms with van der Waals surface area (Å²) in [6.07, 6.45) is 5.64. The van der Waals surface area contributed by atoms with E-state index < -0.39 is 0 Å². The Morgan fingerprint density at radius 2 is 2.18 bits per heavy atom. The Balaban J connectivity index is 2.17. The van der Waals surface area contributed by atoms with E-state index in [1.165, 1.54) is 19.3 Å². The van der Waals surface area contributed by atoms with Crippen LogP contribution in [0.1, 0.15) is 38.7 Å². The van der Waals surface area contributed by atoms with E-state index in [9.17, 15) is 0 Å². The Labute approximate surface area is 104 Å². The third-order valence-corrected chi connectivity index (χ3v) is 3.73. The predicted octanol–water partition coefficient (Wildman–Crippen LogP) is 2.56. The van der Waals surface area contributed by atoms with Crippen LogP contribution in [0.15, 0.2) is 18.3 Å². The second-order valence-corrected chi connectivity index (χ2v) is 5.70. The van der Waals surface area contributed by atoms with Gasteiger partial charge < -0.3 is 10.6 Å². The number of hydrogen-bond acceptors (Lipinski definition) is 3. The van der Waals surface area contributed by atoms with Crippen LogP contribution in [0.4, 0.5) is 5.82 Å². The van der Waals surface area contributed by atoms with Crippen molar-refractivity contribution in [3.63, 3.8) is 0 Å². The van der Waals surface area contributed by atoms with Crippen LogP contribution in [0.25, 0.3) is 0 Å². The van der Waals surface area contributed by atoms with Crippen LogP contribution in [-0.4, -0.2) is 18.1 Å². The first-order valence-electron chi connectivity index (χ1n) is 6.51. The van der Waals surface area contributed by atoms with E-state index >= 15 is 0 Å². The van der Waals surface area contributed by atoms with E-state index in [2.05, 4.69) is 29.8 Å². The normalized spacial score (nSPS) is 20.1. The fourth-order valence-corrected chi connectivity index (χ4v) is 2.51. The number of hydrogen-bond donors (Lipinski definition) is 1. The number of anilines is 1. The summed E-state index contributed by atoms with van der Waals surface area (Å²) in [7, 11) is 0. The molecule has 0 atom stereocenters. The number of aromatic nitrogens is 1. The molecule has 1 aromatic heterocycles. The van der Waals surface area contributed by atoms with Gasteiger partial charge in [0, 0.05) is 31.4 Å². The lowest BCUT2D eigenvalue weighted by Crippen LogP contribution is -2.27. The summed E-state index contributed by atoms with van der Waals surface area (Å²) in [5.74, 6) is 1.09. The average Bonchev–Trinajstić information content (AvgIpc) is 2.50. The summed E-state index contributed by atoms with van der Waals surface area (Å²) in [5, 5.41) is 0. The van der Waals surface area contributed by atoms with Crippen molar-refractivity contribution in [1.29, 1.82) is 0 Å². The lowest BCUT2D eigenvalue weighted by molar-refractivity contribution is 0.325. The fourth-order valence-electron chi connectivity index (χ4n) is 2.51. The van der Waals surface area contributed by atoms with Crippen molar-refractivity contribution in [3.05, 3.63) is 23.9 Å². The fraction of sp³-hybridized carbons (Fsp3) is 0.643. The van der Waals surface area contributed by atoms with Crippen molar-refractivity contribution in [3.8, 4) is 0 Å². The highest BCUT2D eigenvalue weighted by molar-refractivity contribution is 5.46. The van der Waals surface area contributed by atoms with Gasteiger partial charge in [-0.2, -0.15) is 0 Å². The molecule has 94 valence electrons. The molecule has 0 unspecified atom stereocenters. The molecule has 0 aromatic carbocycles. The van der Waals surface area contributed by atoms with Crippen molar-refractivity contribution in [2.24, 2.45) is 11.1 Å². The van der Waals surface area contributed by atoms with Crippen molar-refractivity contribution in [1.82, 2.24) is 4.98 Å². The summed E-state index contributed by atoms with van der Waals surface area (Å²) in [6.45, 7) is 7.49. The van der Waals surface area contributed by atoms with Crippen molar-refractivity contribution in [2.75, 3.05) is 18.0 Å². The van der Waals surface area contributed by atoms with Gasteiger partial charge in [0.25, 0.3) is 0 Å². The molecule has 2 heterocycles. The number of rotatable bonds is 2. The van der Waals surface area contributed by atoms with Gasteiger partial charge in [0.05, 0.1) is 0 Å². The molecule has 0 amide bonds. The lowest BCUT2D eigenvalue weighted by Gasteiger charge is -2.25. The molecule has 3 nitrogen and oxygen atoms in total. The molecule has 2 rings (SSSR count). The molecule has 1 fully saturated rings.